The van der Waals surface area contributed by atoms with Crippen LogP contribution in [0.25, 0.3) is 11.5 Å². The summed E-state index contributed by atoms with van der Waals surface area (Å²) in [7, 11) is -4.17. The highest BCUT2D eigenvalue weighted by Crippen LogP contribution is 2.23. The summed E-state index contributed by atoms with van der Waals surface area (Å²) in [6.07, 6.45) is 3.55. The van der Waals surface area contributed by atoms with Gasteiger partial charge in [-0.2, -0.15) is 8.42 Å². The number of nitrogens with zero attached hydrogens (tertiary/aromatic N) is 2. The Kier molecular flexibility index (Phi) is 3.89. The monoisotopic (exact) mass is 353 g/mol. The Balaban J connectivity index is 1.88. The second-order valence-corrected chi connectivity index (χ2v) is 6.32. The van der Waals surface area contributed by atoms with Crippen molar-refractivity contribution < 1.29 is 22.0 Å². The molecule has 3 aromatic rings. The first-order valence-electron chi connectivity index (χ1n) is 6.13. The van der Waals surface area contributed by atoms with E-state index in [1.807, 2.05) is 4.72 Å². The van der Waals surface area contributed by atoms with E-state index in [0.717, 1.165) is 12.6 Å². The van der Waals surface area contributed by atoms with Crippen molar-refractivity contribution in [2.24, 2.45) is 0 Å². The first-order chi connectivity index (χ1) is 11.0. The maximum absolute atomic E-state index is 12.2. The van der Waals surface area contributed by atoms with E-state index in [2.05, 4.69) is 9.97 Å². The van der Waals surface area contributed by atoms with Gasteiger partial charge in [-0.1, -0.05) is 11.6 Å². The van der Waals surface area contributed by atoms with Crippen molar-refractivity contribution in [3.63, 3.8) is 0 Å². The Bertz CT molecular complexity index is 932. The van der Waals surface area contributed by atoms with Crippen molar-refractivity contribution in [1.29, 1.82) is 0 Å². The zero-order chi connectivity index (χ0) is 16.4. The average Bonchev–Trinajstić information content (AvgIpc) is 3.18. The molecule has 10 heteroatoms. The van der Waals surface area contributed by atoms with Gasteiger partial charge in [0.2, 0.25) is 5.76 Å². The van der Waals surface area contributed by atoms with Gasteiger partial charge in [0, 0.05) is 6.20 Å². The maximum Gasteiger partial charge on any atom is 0.287 e. The van der Waals surface area contributed by atoms with Crippen molar-refractivity contribution in [2.75, 3.05) is 0 Å². The van der Waals surface area contributed by atoms with Crippen LogP contribution in [0.3, 0.4) is 0 Å². The van der Waals surface area contributed by atoms with Gasteiger partial charge in [-0.15, -0.1) is 0 Å². The summed E-state index contributed by atoms with van der Waals surface area (Å²) in [4.78, 5) is 19.5. The van der Waals surface area contributed by atoms with E-state index < -0.39 is 15.9 Å². The SMILES string of the molecule is O=C(NS(=O)(=O)c1ccc(Cl)cn1)c1ncoc1-c1ccco1. The van der Waals surface area contributed by atoms with Crippen molar-refractivity contribution >= 4 is 27.5 Å². The number of pyridine rings is 1. The summed E-state index contributed by atoms with van der Waals surface area (Å²) in [6.45, 7) is 0. The number of furan rings is 1. The Morgan fingerprint density at radius 1 is 1.17 bits per heavy atom. The van der Waals surface area contributed by atoms with Gasteiger partial charge in [-0.05, 0) is 24.3 Å². The van der Waals surface area contributed by atoms with Crippen molar-refractivity contribution in [1.82, 2.24) is 14.7 Å². The van der Waals surface area contributed by atoms with Crippen LogP contribution >= 0.6 is 11.6 Å². The van der Waals surface area contributed by atoms with Gasteiger partial charge in [-0.3, -0.25) is 4.79 Å². The van der Waals surface area contributed by atoms with Gasteiger partial charge >= 0.3 is 0 Å². The van der Waals surface area contributed by atoms with Crippen LogP contribution in [0.4, 0.5) is 0 Å². The van der Waals surface area contributed by atoms with Gasteiger partial charge in [0.05, 0.1) is 11.3 Å². The molecule has 0 saturated carbocycles. The summed E-state index contributed by atoms with van der Waals surface area (Å²) in [6, 6.07) is 5.66. The number of carbonyl (C=O) groups is 1. The highest BCUT2D eigenvalue weighted by molar-refractivity contribution is 7.90. The molecular formula is C13H8ClN3O5S. The summed E-state index contributed by atoms with van der Waals surface area (Å²) >= 11 is 5.65. The molecule has 0 aromatic carbocycles. The molecule has 0 saturated heterocycles. The lowest BCUT2D eigenvalue weighted by atomic mass is 10.3. The van der Waals surface area contributed by atoms with Crippen LogP contribution in [0.5, 0.6) is 0 Å². The molecule has 1 amide bonds. The van der Waals surface area contributed by atoms with Gasteiger partial charge in [0.15, 0.2) is 22.9 Å². The summed E-state index contributed by atoms with van der Waals surface area (Å²) in [5, 5.41) is -0.0785. The molecule has 0 radical (unpaired) electrons. The molecule has 3 aromatic heterocycles. The van der Waals surface area contributed by atoms with E-state index in [0.29, 0.717) is 0 Å². The van der Waals surface area contributed by atoms with Gasteiger partial charge in [0.25, 0.3) is 15.9 Å². The number of hydrogen-bond acceptors (Lipinski definition) is 7. The molecule has 0 unspecified atom stereocenters. The second kappa shape index (κ2) is 5.86. The lowest BCUT2D eigenvalue weighted by Gasteiger charge is -2.05. The number of oxazole rings is 1. The van der Waals surface area contributed by atoms with Gasteiger partial charge in [-0.25, -0.2) is 14.7 Å². The van der Waals surface area contributed by atoms with Gasteiger partial charge in [0.1, 0.15) is 0 Å². The first kappa shape index (κ1) is 15.3. The molecule has 0 aliphatic rings. The fourth-order valence-corrected chi connectivity index (χ4v) is 2.73. The molecule has 8 nitrogen and oxygen atoms in total. The number of carbonyl (C=O) groups excluding carboxylic acids is 1. The Labute approximate surface area is 135 Å². The molecule has 0 spiro atoms. The fraction of sp³-hybridized carbons (Fsp3) is 0. The van der Waals surface area contributed by atoms with Crippen molar-refractivity contribution in [2.45, 2.75) is 5.03 Å². The van der Waals surface area contributed by atoms with Crippen LogP contribution in [-0.4, -0.2) is 24.3 Å². The Morgan fingerprint density at radius 3 is 2.65 bits per heavy atom. The predicted molar refractivity (Wildman–Crippen MR) is 78.1 cm³/mol. The molecule has 23 heavy (non-hydrogen) atoms. The third-order valence-electron chi connectivity index (χ3n) is 2.73. The standard InChI is InChI=1S/C13H8ClN3O5S/c14-8-3-4-10(15-6-8)23(19,20)17-13(18)11-12(22-7-16-11)9-2-1-5-21-9/h1-7H,(H,17,18). The fourth-order valence-electron chi connectivity index (χ4n) is 1.73. The summed E-state index contributed by atoms with van der Waals surface area (Å²) < 4.78 is 36.3. The number of rotatable bonds is 4. The summed E-state index contributed by atoms with van der Waals surface area (Å²) in [5.41, 5.74) is -0.225. The zero-order valence-corrected chi connectivity index (χ0v) is 12.8. The summed E-state index contributed by atoms with van der Waals surface area (Å²) in [5.74, 6) is -0.705. The van der Waals surface area contributed by atoms with Crippen LogP contribution in [0.1, 0.15) is 10.5 Å². The minimum Gasteiger partial charge on any atom is -0.461 e. The van der Waals surface area contributed by atoms with Crippen LogP contribution in [0.2, 0.25) is 5.02 Å². The number of halogens is 1. The zero-order valence-electron chi connectivity index (χ0n) is 11.3. The lowest BCUT2D eigenvalue weighted by Crippen LogP contribution is -2.31. The molecule has 3 heterocycles. The molecule has 0 aliphatic carbocycles. The molecule has 1 N–H and O–H groups in total. The largest absolute Gasteiger partial charge is 0.461 e. The van der Waals surface area contributed by atoms with E-state index >= 15 is 0 Å². The molecule has 0 atom stereocenters. The molecule has 0 fully saturated rings. The van der Waals surface area contributed by atoms with E-state index in [9.17, 15) is 13.2 Å². The van der Waals surface area contributed by atoms with E-state index in [4.69, 9.17) is 20.4 Å². The van der Waals surface area contributed by atoms with Crippen LogP contribution < -0.4 is 4.72 Å². The second-order valence-electron chi connectivity index (χ2n) is 4.26. The number of nitrogens with one attached hydrogen (secondary N) is 1. The number of amides is 1. The number of aromatic nitrogens is 2. The van der Waals surface area contributed by atoms with Gasteiger partial charge < -0.3 is 8.83 Å². The molecular weight excluding hydrogens is 346 g/mol. The quantitative estimate of drug-likeness (QED) is 0.763. The van der Waals surface area contributed by atoms with Crippen molar-refractivity contribution in [3.8, 4) is 11.5 Å². The highest BCUT2D eigenvalue weighted by Gasteiger charge is 2.26. The number of hydrogen-bond donors (Lipinski definition) is 1. The molecule has 0 bridgehead atoms. The minimum atomic E-state index is -4.17. The Morgan fingerprint density at radius 2 is 2.00 bits per heavy atom. The van der Waals surface area contributed by atoms with Crippen LogP contribution in [-0.2, 0) is 10.0 Å². The van der Waals surface area contributed by atoms with Crippen molar-refractivity contribution in [3.05, 3.63) is 53.8 Å². The third kappa shape index (κ3) is 3.10. The van der Waals surface area contributed by atoms with Crippen LogP contribution in [0, 0.1) is 0 Å². The van der Waals surface area contributed by atoms with E-state index in [-0.39, 0.29) is 27.3 Å². The predicted octanol–water partition coefficient (Wildman–Crippen LogP) is 2.10. The topological polar surface area (TPSA) is 115 Å². The lowest BCUT2D eigenvalue weighted by molar-refractivity contribution is 0.0977. The Hall–Kier alpha value is -2.65. The minimum absolute atomic E-state index is 0.0202. The normalized spacial score (nSPS) is 11.3. The number of sulfonamides is 1. The molecule has 0 aliphatic heterocycles. The first-order valence-corrected chi connectivity index (χ1v) is 7.99. The maximum atomic E-state index is 12.2. The third-order valence-corrected chi connectivity index (χ3v) is 4.20. The molecule has 118 valence electrons. The van der Waals surface area contributed by atoms with Crippen LogP contribution in [0.15, 0.2) is 57.0 Å². The molecule has 3 rings (SSSR count). The average molecular weight is 354 g/mol. The highest BCUT2D eigenvalue weighted by atomic mass is 35.5. The van der Waals surface area contributed by atoms with E-state index in [1.54, 1.807) is 12.1 Å². The van der Waals surface area contributed by atoms with E-state index in [1.165, 1.54) is 18.4 Å². The smallest absolute Gasteiger partial charge is 0.287 e.